The molecule has 138 valence electrons. The highest BCUT2D eigenvalue weighted by atomic mass is 19.1. The van der Waals surface area contributed by atoms with Crippen LogP contribution in [0, 0.1) is 11.7 Å². The predicted octanol–water partition coefficient (Wildman–Crippen LogP) is 2.95. The second-order valence-corrected chi connectivity index (χ2v) is 7.09. The molecule has 2 aliphatic rings. The van der Waals surface area contributed by atoms with Crippen molar-refractivity contribution in [2.24, 2.45) is 5.92 Å². The number of rotatable bonds is 6. The van der Waals surface area contributed by atoms with Gasteiger partial charge in [-0.2, -0.15) is 4.98 Å². The molecule has 1 unspecified atom stereocenters. The number of likely N-dealkylation sites (tertiary alicyclic amines) is 1. The summed E-state index contributed by atoms with van der Waals surface area (Å²) in [6.07, 6.45) is 4.94. The number of benzene rings is 1. The number of nitrogens with zero attached hydrogens (tertiary/aromatic N) is 3. The first-order valence-electron chi connectivity index (χ1n) is 9.16. The summed E-state index contributed by atoms with van der Waals surface area (Å²) in [5.74, 6) is 1.78. The van der Waals surface area contributed by atoms with E-state index >= 15 is 0 Å². The van der Waals surface area contributed by atoms with Crippen molar-refractivity contribution in [1.82, 2.24) is 15.0 Å². The Morgan fingerprint density at radius 2 is 2.15 bits per heavy atom. The molecule has 0 radical (unpaired) electrons. The molecule has 1 aliphatic heterocycles. The van der Waals surface area contributed by atoms with Crippen molar-refractivity contribution < 1.29 is 18.4 Å². The molecule has 2 aromatic rings. The smallest absolute Gasteiger partial charge is 0.260 e. The van der Waals surface area contributed by atoms with Crippen LogP contribution in [0.1, 0.15) is 43.3 Å². The Morgan fingerprint density at radius 1 is 1.31 bits per heavy atom. The van der Waals surface area contributed by atoms with Crippen LogP contribution in [-0.2, 0) is 11.2 Å². The molecule has 1 aromatic carbocycles. The Morgan fingerprint density at radius 3 is 2.96 bits per heavy atom. The van der Waals surface area contributed by atoms with E-state index in [0.717, 1.165) is 31.5 Å². The van der Waals surface area contributed by atoms with Crippen molar-refractivity contribution in [2.45, 2.75) is 38.0 Å². The summed E-state index contributed by atoms with van der Waals surface area (Å²) in [7, 11) is 0. The number of carbonyl (C=O) groups is 1. The van der Waals surface area contributed by atoms with Gasteiger partial charge in [0.15, 0.2) is 24.0 Å². The van der Waals surface area contributed by atoms with Crippen molar-refractivity contribution in [3.63, 3.8) is 0 Å². The Balaban J connectivity index is 1.29. The Labute approximate surface area is 151 Å². The SMILES string of the molecule is O=C(COc1ccccc1F)N1CCCC(Cc2nc(C3CC3)no2)C1. The minimum atomic E-state index is -0.459. The number of hydrogen-bond donors (Lipinski definition) is 0. The lowest BCUT2D eigenvalue weighted by Gasteiger charge is -2.32. The predicted molar refractivity (Wildman–Crippen MR) is 91.2 cm³/mol. The first-order valence-corrected chi connectivity index (χ1v) is 9.16. The highest BCUT2D eigenvalue weighted by Gasteiger charge is 2.30. The zero-order chi connectivity index (χ0) is 17.9. The minimum Gasteiger partial charge on any atom is -0.481 e. The number of carbonyl (C=O) groups excluding carboxylic acids is 1. The number of ether oxygens (including phenoxy) is 1. The van der Waals surface area contributed by atoms with Crippen LogP contribution in [0.5, 0.6) is 5.75 Å². The largest absolute Gasteiger partial charge is 0.481 e. The molecule has 2 heterocycles. The quantitative estimate of drug-likeness (QED) is 0.793. The van der Waals surface area contributed by atoms with Gasteiger partial charge in [0, 0.05) is 25.4 Å². The van der Waals surface area contributed by atoms with Crippen LogP contribution in [0.2, 0.25) is 0 Å². The van der Waals surface area contributed by atoms with E-state index in [9.17, 15) is 9.18 Å². The fourth-order valence-corrected chi connectivity index (χ4v) is 3.36. The summed E-state index contributed by atoms with van der Waals surface area (Å²) >= 11 is 0. The van der Waals surface area contributed by atoms with Gasteiger partial charge >= 0.3 is 0 Å². The maximum Gasteiger partial charge on any atom is 0.260 e. The van der Waals surface area contributed by atoms with E-state index in [2.05, 4.69) is 10.1 Å². The Hall–Kier alpha value is -2.44. The molecule has 0 bridgehead atoms. The Kier molecular flexibility index (Phi) is 4.86. The van der Waals surface area contributed by atoms with E-state index < -0.39 is 5.82 Å². The number of halogens is 1. The van der Waals surface area contributed by atoms with E-state index in [1.807, 2.05) is 0 Å². The van der Waals surface area contributed by atoms with E-state index in [4.69, 9.17) is 9.26 Å². The van der Waals surface area contributed by atoms with E-state index in [1.54, 1.807) is 17.0 Å². The maximum atomic E-state index is 13.6. The van der Waals surface area contributed by atoms with Crippen LogP contribution in [-0.4, -0.2) is 40.6 Å². The molecule has 7 heteroatoms. The van der Waals surface area contributed by atoms with Gasteiger partial charge in [-0.1, -0.05) is 17.3 Å². The van der Waals surface area contributed by atoms with Crippen molar-refractivity contribution in [2.75, 3.05) is 19.7 Å². The summed E-state index contributed by atoms with van der Waals surface area (Å²) < 4.78 is 24.3. The fourth-order valence-electron chi connectivity index (χ4n) is 3.36. The third-order valence-electron chi connectivity index (χ3n) is 4.95. The molecule has 26 heavy (non-hydrogen) atoms. The molecular formula is C19H22FN3O3. The van der Waals surface area contributed by atoms with Crippen molar-refractivity contribution in [1.29, 1.82) is 0 Å². The first kappa shape index (κ1) is 17.0. The lowest BCUT2D eigenvalue weighted by atomic mass is 9.95. The van der Waals surface area contributed by atoms with Gasteiger partial charge in [-0.25, -0.2) is 4.39 Å². The third-order valence-corrected chi connectivity index (χ3v) is 4.95. The normalized spacial score (nSPS) is 20.2. The molecular weight excluding hydrogens is 337 g/mol. The number of hydrogen-bond acceptors (Lipinski definition) is 5. The van der Waals surface area contributed by atoms with Crippen molar-refractivity contribution in [3.8, 4) is 5.75 Å². The van der Waals surface area contributed by atoms with Crippen molar-refractivity contribution >= 4 is 5.91 Å². The van der Waals surface area contributed by atoms with Gasteiger partial charge in [0.05, 0.1) is 0 Å². The molecule has 1 saturated carbocycles. The summed E-state index contributed by atoms with van der Waals surface area (Å²) in [6, 6.07) is 6.11. The molecule has 1 aliphatic carbocycles. The molecule has 1 aromatic heterocycles. The van der Waals surface area contributed by atoms with Gasteiger partial charge in [0.1, 0.15) is 0 Å². The topological polar surface area (TPSA) is 68.5 Å². The number of aromatic nitrogens is 2. The van der Waals surface area contributed by atoms with Gasteiger partial charge in [-0.3, -0.25) is 4.79 Å². The number of amides is 1. The van der Waals surface area contributed by atoms with E-state index in [-0.39, 0.29) is 18.3 Å². The maximum absolute atomic E-state index is 13.6. The molecule has 2 fully saturated rings. The lowest BCUT2D eigenvalue weighted by Crippen LogP contribution is -2.42. The molecule has 1 amide bonds. The summed E-state index contributed by atoms with van der Waals surface area (Å²) in [4.78, 5) is 18.7. The van der Waals surface area contributed by atoms with Crippen LogP contribution >= 0.6 is 0 Å². The second kappa shape index (κ2) is 7.43. The summed E-state index contributed by atoms with van der Waals surface area (Å²) in [5, 5.41) is 4.05. The fraction of sp³-hybridized carbons (Fsp3) is 0.526. The van der Waals surface area contributed by atoms with Gasteiger partial charge < -0.3 is 14.2 Å². The second-order valence-electron chi connectivity index (χ2n) is 7.09. The van der Waals surface area contributed by atoms with E-state index in [1.165, 1.54) is 12.1 Å². The van der Waals surface area contributed by atoms with Gasteiger partial charge in [0.25, 0.3) is 5.91 Å². The van der Waals surface area contributed by atoms with Crippen molar-refractivity contribution in [3.05, 3.63) is 41.8 Å². The highest BCUT2D eigenvalue weighted by Crippen LogP contribution is 2.38. The van der Waals surface area contributed by atoms with Gasteiger partial charge in [-0.05, 0) is 43.7 Å². The minimum absolute atomic E-state index is 0.105. The molecule has 1 saturated heterocycles. The molecule has 0 N–H and O–H groups in total. The average Bonchev–Trinajstić information content (AvgIpc) is 3.41. The van der Waals surface area contributed by atoms with Crippen LogP contribution in [0.4, 0.5) is 4.39 Å². The zero-order valence-corrected chi connectivity index (χ0v) is 14.6. The molecule has 6 nitrogen and oxygen atoms in total. The lowest BCUT2D eigenvalue weighted by molar-refractivity contribution is -0.135. The number of para-hydroxylation sites is 1. The highest BCUT2D eigenvalue weighted by molar-refractivity contribution is 5.77. The first-order chi connectivity index (χ1) is 12.7. The van der Waals surface area contributed by atoms with E-state index in [0.29, 0.717) is 37.2 Å². The summed E-state index contributed by atoms with van der Waals surface area (Å²) in [6.45, 7) is 1.19. The standard InChI is InChI=1S/C19H22FN3O3/c20-15-5-1-2-6-16(15)25-12-18(24)23-9-3-4-13(11-23)10-17-21-19(22-26-17)14-7-8-14/h1-2,5-6,13-14H,3-4,7-12H2. The van der Waals surface area contributed by atoms with Gasteiger partial charge in [0.2, 0.25) is 5.89 Å². The van der Waals surface area contributed by atoms with Gasteiger partial charge in [-0.15, -0.1) is 0 Å². The summed E-state index contributed by atoms with van der Waals surface area (Å²) in [5.41, 5.74) is 0. The molecule has 0 spiro atoms. The van der Waals surface area contributed by atoms with Crippen LogP contribution in [0.25, 0.3) is 0 Å². The van der Waals surface area contributed by atoms with Crippen LogP contribution < -0.4 is 4.74 Å². The Bertz CT molecular complexity index is 775. The van der Waals surface area contributed by atoms with Crippen LogP contribution in [0.15, 0.2) is 28.8 Å². The zero-order valence-electron chi connectivity index (χ0n) is 14.6. The number of piperidine rings is 1. The van der Waals surface area contributed by atoms with Crippen LogP contribution in [0.3, 0.4) is 0 Å². The third kappa shape index (κ3) is 4.03. The molecule has 4 rings (SSSR count). The molecule has 1 atom stereocenters. The average molecular weight is 359 g/mol. The monoisotopic (exact) mass is 359 g/mol.